The van der Waals surface area contributed by atoms with Crippen molar-refractivity contribution in [3.63, 3.8) is 0 Å². The number of nitrogens with one attached hydrogen (secondary N) is 2. The number of alkyl carbamates (subject to hydrolysis) is 1. The maximum atomic E-state index is 13.9. The maximum Gasteiger partial charge on any atom is 0.408 e. The number of hydrogen-bond donors (Lipinski definition) is 4. The first-order valence-electron chi connectivity index (χ1n) is 16.8. The molecule has 4 aromatic rings. The van der Waals surface area contributed by atoms with Crippen LogP contribution in [0.4, 0.5) is 10.5 Å². The molecule has 11 nitrogen and oxygen atoms in total. The summed E-state index contributed by atoms with van der Waals surface area (Å²) in [5.74, 6) is -0.891. The number of amides is 2. The number of anilines is 1. The van der Waals surface area contributed by atoms with Crippen LogP contribution in [-0.2, 0) is 26.2 Å². The summed E-state index contributed by atoms with van der Waals surface area (Å²) in [6, 6.07) is 26.8. The van der Waals surface area contributed by atoms with E-state index in [1.165, 1.54) is 16.4 Å². The minimum Gasteiger partial charge on any atom is -0.445 e. The number of pyridine rings is 1. The lowest BCUT2D eigenvalue weighted by Crippen LogP contribution is -2.50. The van der Waals surface area contributed by atoms with Crippen molar-refractivity contribution in [3.05, 3.63) is 126 Å². The Morgan fingerprint density at radius 3 is 2.04 bits per heavy atom. The number of carbonyl (C=O) groups is 2. The van der Waals surface area contributed by atoms with Gasteiger partial charge in [-0.05, 0) is 71.8 Å². The van der Waals surface area contributed by atoms with Crippen molar-refractivity contribution in [1.82, 2.24) is 19.9 Å². The third-order valence-corrected chi connectivity index (χ3v) is 10.2. The number of nitrogen functional groups attached to an aromatic ring is 1. The second kappa shape index (κ2) is 18.8. The van der Waals surface area contributed by atoms with Crippen LogP contribution >= 0.6 is 0 Å². The fourth-order valence-electron chi connectivity index (χ4n) is 5.73. The third-order valence-electron chi connectivity index (χ3n) is 8.24. The molecular formula is C38H47N5O6S. The Kier molecular flexibility index (Phi) is 14.3. The van der Waals surface area contributed by atoms with Gasteiger partial charge in [-0.1, -0.05) is 80.9 Å². The van der Waals surface area contributed by atoms with E-state index in [-0.39, 0.29) is 37.1 Å². The molecule has 0 fully saturated rings. The van der Waals surface area contributed by atoms with Gasteiger partial charge in [0.15, 0.2) is 0 Å². The smallest absolute Gasteiger partial charge is 0.408 e. The van der Waals surface area contributed by atoms with Gasteiger partial charge < -0.3 is 26.2 Å². The molecule has 0 bridgehead atoms. The van der Waals surface area contributed by atoms with Crippen molar-refractivity contribution in [2.75, 3.05) is 25.4 Å². The normalized spacial score (nSPS) is 12.8. The second-order valence-corrected chi connectivity index (χ2v) is 14.4. The summed E-state index contributed by atoms with van der Waals surface area (Å²) in [6.07, 6.45) is 3.91. The number of rotatable bonds is 18. The van der Waals surface area contributed by atoms with Gasteiger partial charge in [0.2, 0.25) is 15.9 Å². The number of aliphatic hydroxyl groups excluding tert-OH is 1. The Morgan fingerprint density at radius 1 is 0.880 bits per heavy atom. The van der Waals surface area contributed by atoms with Gasteiger partial charge in [-0.3, -0.25) is 9.78 Å². The predicted molar refractivity (Wildman–Crippen MR) is 193 cm³/mol. The molecule has 0 saturated heterocycles. The van der Waals surface area contributed by atoms with Gasteiger partial charge in [0.1, 0.15) is 12.6 Å². The molecule has 12 heteroatoms. The zero-order chi connectivity index (χ0) is 35.9. The zero-order valence-electron chi connectivity index (χ0n) is 28.5. The number of aromatic nitrogens is 1. The highest BCUT2D eigenvalue weighted by Gasteiger charge is 2.34. The molecule has 4 rings (SSSR count). The number of aliphatic hydroxyl groups is 1. The SMILES string of the molecule is CC(C)CN(C(CO)CCCCNC(=O)[C@@H](NC(=O)OCc1ccncc1)C(c1ccccc1)c1ccccc1)S(=O)(=O)c1ccc(N)cc1. The molecule has 1 heterocycles. The fraction of sp³-hybridized carbons (Fsp3) is 0.342. The topological polar surface area (TPSA) is 164 Å². The minimum atomic E-state index is -3.90. The molecule has 1 unspecified atom stereocenters. The molecule has 5 N–H and O–H groups in total. The van der Waals surface area contributed by atoms with Crippen LogP contribution in [-0.4, -0.2) is 66.6 Å². The van der Waals surface area contributed by atoms with Crippen LogP contribution in [0.2, 0.25) is 0 Å². The monoisotopic (exact) mass is 701 g/mol. The third kappa shape index (κ3) is 10.9. The van der Waals surface area contributed by atoms with Crippen LogP contribution in [0.15, 0.2) is 114 Å². The standard InChI is InChI=1S/C38H47N5O6S/c1-28(2)25-43(50(47,48)34-18-16-32(39)17-19-34)33(26-44)15-9-10-22-41-37(45)36(42-38(46)49-27-29-20-23-40-24-21-29)35(30-11-5-3-6-12-30)31-13-7-4-8-14-31/h3-8,11-14,16-21,23-24,28,33,35-36,44H,9-10,15,22,25-27,39H2,1-2H3,(H,41,45)(H,42,46)/t33?,36-/m0/s1. The lowest BCUT2D eigenvalue weighted by molar-refractivity contribution is -0.123. The van der Waals surface area contributed by atoms with Crippen molar-refractivity contribution in [2.45, 2.75) is 62.6 Å². The number of sulfonamides is 1. The highest BCUT2D eigenvalue weighted by atomic mass is 32.2. The van der Waals surface area contributed by atoms with Gasteiger partial charge in [0, 0.05) is 43.1 Å². The second-order valence-electron chi connectivity index (χ2n) is 12.5. The number of ether oxygens (including phenoxy) is 1. The Labute approximate surface area is 294 Å². The zero-order valence-corrected chi connectivity index (χ0v) is 29.3. The summed E-state index contributed by atoms with van der Waals surface area (Å²) in [6.45, 7) is 4.01. The van der Waals surface area contributed by atoms with Crippen molar-refractivity contribution >= 4 is 27.7 Å². The highest BCUT2D eigenvalue weighted by molar-refractivity contribution is 7.89. The number of unbranched alkanes of at least 4 members (excludes halogenated alkanes) is 1. The van der Waals surface area contributed by atoms with Crippen LogP contribution in [0, 0.1) is 5.92 Å². The average molecular weight is 702 g/mol. The molecule has 2 atom stereocenters. The van der Waals surface area contributed by atoms with E-state index in [1.54, 1.807) is 36.7 Å². The van der Waals surface area contributed by atoms with Crippen molar-refractivity contribution in [1.29, 1.82) is 0 Å². The van der Waals surface area contributed by atoms with Crippen molar-refractivity contribution in [3.8, 4) is 0 Å². The molecule has 2 amide bonds. The van der Waals surface area contributed by atoms with E-state index in [1.807, 2.05) is 74.5 Å². The highest BCUT2D eigenvalue weighted by Crippen LogP contribution is 2.29. The lowest BCUT2D eigenvalue weighted by atomic mass is 9.84. The molecule has 0 spiro atoms. The summed E-state index contributed by atoms with van der Waals surface area (Å²) in [7, 11) is -3.90. The van der Waals surface area contributed by atoms with Crippen molar-refractivity contribution < 1.29 is 27.9 Å². The van der Waals surface area contributed by atoms with Gasteiger partial charge >= 0.3 is 6.09 Å². The summed E-state index contributed by atoms with van der Waals surface area (Å²) in [5.41, 5.74) is 8.67. The maximum absolute atomic E-state index is 13.9. The largest absolute Gasteiger partial charge is 0.445 e. The van der Waals surface area contributed by atoms with Gasteiger partial charge in [-0.2, -0.15) is 4.31 Å². The molecule has 0 aliphatic carbocycles. The van der Waals surface area contributed by atoms with Crippen LogP contribution < -0.4 is 16.4 Å². The Morgan fingerprint density at radius 2 is 1.48 bits per heavy atom. The van der Waals surface area contributed by atoms with Crippen LogP contribution in [0.5, 0.6) is 0 Å². The number of nitrogens with zero attached hydrogens (tertiary/aromatic N) is 2. The molecule has 0 aliphatic heterocycles. The van der Waals surface area contributed by atoms with E-state index >= 15 is 0 Å². The van der Waals surface area contributed by atoms with E-state index in [9.17, 15) is 23.1 Å². The molecule has 0 radical (unpaired) electrons. The first-order chi connectivity index (χ1) is 24.1. The van der Waals surface area contributed by atoms with E-state index in [2.05, 4.69) is 15.6 Å². The molecule has 1 aromatic heterocycles. The van der Waals surface area contributed by atoms with Gasteiger partial charge in [0.25, 0.3) is 0 Å². The van der Waals surface area contributed by atoms with E-state index in [0.717, 1.165) is 16.7 Å². The Balaban J connectivity index is 1.45. The van der Waals surface area contributed by atoms with Crippen molar-refractivity contribution in [2.24, 2.45) is 5.92 Å². The first kappa shape index (κ1) is 38.0. The summed E-state index contributed by atoms with van der Waals surface area (Å²) in [4.78, 5) is 31.1. The number of hydrogen-bond acceptors (Lipinski definition) is 8. The number of benzene rings is 3. The molecule has 266 valence electrons. The van der Waals surface area contributed by atoms with Gasteiger partial charge in [-0.15, -0.1) is 0 Å². The lowest BCUT2D eigenvalue weighted by Gasteiger charge is -2.31. The molecule has 0 saturated carbocycles. The van der Waals surface area contributed by atoms with Gasteiger partial charge in [-0.25, -0.2) is 13.2 Å². The first-order valence-corrected chi connectivity index (χ1v) is 18.2. The van der Waals surface area contributed by atoms with Crippen LogP contribution in [0.3, 0.4) is 0 Å². The average Bonchev–Trinajstić information content (AvgIpc) is 3.12. The van der Waals surface area contributed by atoms with E-state index in [0.29, 0.717) is 24.9 Å². The fourth-order valence-corrected chi connectivity index (χ4v) is 7.54. The van der Waals surface area contributed by atoms with Crippen LogP contribution in [0.1, 0.15) is 55.7 Å². The number of carbonyl (C=O) groups excluding carboxylic acids is 2. The molecular weight excluding hydrogens is 655 g/mol. The van der Waals surface area contributed by atoms with Crippen LogP contribution in [0.25, 0.3) is 0 Å². The number of nitrogens with two attached hydrogens (primary N) is 1. The molecule has 50 heavy (non-hydrogen) atoms. The van der Waals surface area contributed by atoms with E-state index < -0.39 is 40.0 Å². The molecule has 3 aromatic carbocycles. The van der Waals surface area contributed by atoms with Gasteiger partial charge in [0.05, 0.1) is 11.5 Å². The summed E-state index contributed by atoms with van der Waals surface area (Å²) >= 11 is 0. The predicted octanol–water partition coefficient (Wildman–Crippen LogP) is 5.09. The molecule has 0 aliphatic rings. The summed E-state index contributed by atoms with van der Waals surface area (Å²) in [5, 5.41) is 16.1. The van der Waals surface area contributed by atoms with E-state index in [4.69, 9.17) is 10.5 Å². The Hall–Kier alpha value is -4.78. The quantitative estimate of drug-likeness (QED) is 0.0824. The minimum absolute atomic E-state index is 0.0118. The summed E-state index contributed by atoms with van der Waals surface area (Å²) < 4.78 is 34.1. The Bertz CT molecular complexity index is 1690.